The Labute approximate surface area is 283 Å². The number of carboxylic acids is 1. The highest BCUT2D eigenvalue weighted by molar-refractivity contribution is 7.22. The molecule has 5 N–H and O–H groups in total. The van der Waals surface area contributed by atoms with Crippen molar-refractivity contribution in [1.82, 2.24) is 9.97 Å². The van der Waals surface area contributed by atoms with Crippen LogP contribution in [0.2, 0.25) is 10.0 Å². The number of nitrogens with two attached hydrogens (primary N) is 1. The molecular formula is C33H30Cl2N4O5S2. The Kier molecular flexibility index (Phi) is 11.1. The molecule has 13 heteroatoms. The van der Waals surface area contributed by atoms with Crippen LogP contribution in [0, 0.1) is 27.7 Å². The Morgan fingerprint density at radius 3 is 1.89 bits per heavy atom. The van der Waals surface area contributed by atoms with Gasteiger partial charge >= 0.3 is 5.97 Å². The normalized spacial score (nSPS) is 10.5. The van der Waals surface area contributed by atoms with Crippen molar-refractivity contribution in [3.63, 3.8) is 0 Å². The maximum Gasteiger partial charge on any atom is 0.339 e. The summed E-state index contributed by atoms with van der Waals surface area (Å²) in [6, 6.07) is 18.1. The molecule has 0 radical (unpaired) electrons. The van der Waals surface area contributed by atoms with Crippen LogP contribution in [-0.2, 0) is 0 Å². The molecule has 4 aromatic carbocycles. The van der Waals surface area contributed by atoms with Crippen molar-refractivity contribution in [1.29, 1.82) is 0 Å². The second kappa shape index (κ2) is 14.8. The first-order valence-corrected chi connectivity index (χ1v) is 16.0. The Balaban J connectivity index is 0.000000170. The number of anilines is 2. The third kappa shape index (κ3) is 8.04. The largest absolute Gasteiger partial charge is 0.507 e. The molecule has 2 aromatic heterocycles. The summed E-state index contributed by atoms with van der Waals surface area (Å²) in [5.41, 5.74) is 11.2. The van der Waals surface area contributed by atoms with Crippen LogP contribution < -0.4 is 15.8 Å². The molecule has 0 saturated carbocycles. The number of benzene rings is 4. The highest BCUT2D eigenvalue weighted by Gasteiger charge is 2.17. The van der Waals surface area contributed by atoms with Crippen LogP contribution in [0.25, 0.3) is 20.4 Å². The van der Waals surface area contributed by atoms with Crippen molar-refractivity contribution in [2.24, 2.45) is 0 Å². The Hall–Kier alpha value is -4.42. The number of carbonyl (C=O) groups excluding carboxylic acids is 1. The summed E-state index contributed by atoms with van der Waals surface area (Å²) in [4.78, 5) is 31.7. The molecule has 0 fully saturated rings. The quantitative estimate of drug-likeness (QED) is 0.143. The lowest BCUT2D eigenvalue weighted by atomic mass is 10.1. The number of aryl methyl sites for hydroxylation is 4. The number of thiazole rings is 2. The molecule has 2 heterocycles. The van der Waals surface area contributed by atoms with Crippen LogP contribution in [0.1, 0.15) is 43.0 Å². The second-order valence-corrected chi connectivity index (χ2v) is 13.1. The maximum atomic E-state index is 12.3. The van der Waals surface area contributed by atoms with Gasteiger partial charge in [0.05, 0.1) is 33.1 Å². The summed E-state index contributed by atoms with van der Waals surface area (Å²) in [6.07, 6.45) is 0. The number of carbonyl (C=O) groups is 2. The number of nitrogens with zero attached hydrogens (tertiary/aromatic N) is 2. The fourth-order valence-electron chi connectivity index (χ4n) is 4.48. The molecule has 0 spiro atoms. The van der Waals surface area contributed by atoms with E-state index in [-0.39, 0.29) is 16.9 Å². The van der Waals surface area contributed by atoms with E-state index in [4.69, 9.17) is 38.8 Å². The summed E-state index contributed by atoms with van der Waals surface area (Å²) >= 11 is 14.6. The molecule has 9 nitrogen and oxygen atoms in total. The van der Waals surface area contributed by atoms with Crippen LogP contribution in [0.15, 0.2) is 60.7 Å². The van der Waals surface area contributed by atoms with Crippen molar-refractivity contribution in [2.75, 3.05) is 18.2 Å². The Morgan fingerprint density at radius 2 is 1.35 bits per heavy atom. The number of nitrogens with one attached hydrogen (secondary N) is 1. The number of para-hydroxylation sites is 2. The van der Waals surface area contributed by atoms with E-state index >= 15 is 0 Å². The maximum absolute atomic E-state index is 12.3. The van der Waals surface area contributed by atoms with Gasteiger partial charge in [-0.25, -0.2) is 14.8 Å². The second-order valence-electron chi connectivity index (χ2n) is 10.1. The van der Waals surface area contributed by atoms with Gasteiger partial charge in [-0.05, 0) is 86.3 Å². The number of halogens is 2. The summed E-state index contributed by atoms with van der Waals surface area (Å²) < 4.78 is 7.12. The molecule has 0 bridgehead atoms. The van der Waals surface area contributed by atoms with Gasteiger partial charge in [-0.2, -0.15) is 0 Å². The monoisotopic (exact) mass is 696 g/mol. The highest BCUT2D eigenvalue weighted by Crippen LogP contribution is 2.31. The lowest BCUT2D eigenvalue weighted by Crippen LogP contribution is -2.12. The van der Waals surface area contributed by atoms with E-state index in [9.17, 15) is 14.7 Å². The average Bonchev–Trinajstić information content (AvgIpc) is 3.59. The van der Waals surface area contributed by atoms with E-state index in [2.05, 4.69) is 15.3 Å². The molecule has 1 amide bonds. The highest BCUT2D eigenvalue weighted by atomic mass is 35.5. The minimum atomic E-state index is -1.04. The van der Waals surface area contributed by atoms with Gasteiger partial charge in [-0.1, -0.05) is 70.1 Å². The van der Waals surface area contributed by atoms with Gasteiger partial charge in [0.1, 0.15) is 17.1 Å². The van der Waals surface area contributed by atoms with Gasteiger partial charge in [-0.15, -0.1) is 0 Å². The number of phenolic OH excluding ortho intramolecular Hbond substituents is 1. The van der Waals surface area contributed by atoms with E-state index in [1.807, 2.05) is 50.2 Å². The summed E-state index contributed by atoms with van der Waals surface area (Å²) in [5, 5.41) is 23.5. The molecule has 6 aromatic rings. The van der Waals surface area contributed by atoms with Gasteiger partial charge in [0.25, 0.3) is 5.91 Å². The lowest BCUT2D eigenvalue weighted by Gasteiger charge is -2.08. The molecule has 0 unspecified atom stereocenters. The summed E-state index contributed by atoms with van der Waals surface area (Å²) in [7, 11) is 1.43. The fourth-order valence-corrected chi connectivity index (χ4v) is 6.77. The van der Waals surface area contributed by atoms with Gasteiger partial charge in [0, 0.05) is 10.0 Å². The van der Waals surface area contributed by atoms with Gasteiger partial charge in [-0.3, -0.25) is 10.1 Å². The number of fused-ring (bicyclic) bond motifs is 2. The SMILES string of the molecule is COc1c(C)cc(Cl)cc1C(=O)O.Cc1cc(Cl)cc(C(=O)Nc2nc3c(C)cccc3s2)c1O.Cc1cccc2sc(N)nc12. The van der Waals surface area contributed by atoms with Crippen molar-refractivity contribution >= 4 is 88.4 Å². The predicted molar refractivity (Wildman–Crippen MR) is 189 cm³/mol. The van der Waals surface area contributed by atoms with E-state index < -0.39 is 11.9 Å². The smallest absolute Gasteiger partial charge is 0.339 e. The number of ether oxygens (including phenoxy) is 1. The van der Waals surface area contributed by atoms with Crippen molar-refractivity contribution in [3.05, 3.63) is 104 Å². The predicted octanol–water partition coefficient (Wildman–Crippen LogP) is 9.07. The zero-order chi connectivity index (χ0) is 33.7. The number of hydrogen-bond acceptors (Lipinski definition) is 9. The molecule has 0 saturated heterocycles. The van der Waals surface area contributed by atoms with E-state index in [1.165, 1.54) is 52.2 Å². The van der Waals surface area contributed by atoms with Crippen molar-refractivity contribution in [2.45, 2.75) is 27.7 Å². The van der Waals surface area contributed by atoms with Gasteiger partial charge in [0.15, 0.2) is 10.3 Å². The van der Waals surface area contributed by atoms with Crippen LogP contribution in [0.3, 0.4) is 0 Å². The molecule has 46 heavy (non-hydrogen) atoms. The molecule has 238 valence electrons. The van der Waals surface area contributed by atoms with Crippen LogP contribution >= 0.6 is 45.9 Å². The number of carboxylic acid groups (broad SMARTS) is 1. The van der Waals surface area contributed by atoms with Gasteiger partial charge in [0.2, 0.25) is 0 Å². The first kappa shape index (κ1) is 34.5. The van der Waals surface area contributed by atoms with E-state index in [0.29, 0.717) is 37.2 Å². The third-order valence-electron chi connectivity index (χ3n) is 6.66. The van der Waals surface area contributed by atoms with Crippen molar-refractivity contribution < 1.29 is 24.5 Å². The number of amides is 1. The number of phenols is 1. The number of aromatic nitrogens is 2. The fraction of sp³-hybridized carbons (Fsp3) is 0.152. The standard InChI is InChI=1S/C16H13ClN2O2S.C9H9ClO3.C8H8N2S/c1-8-4-3-5-12-13(8)18-16(22-12)19-15(21)11-7-10(17)6-9(2)14(11)20;1-5-3-6(10)4-7(9(11)12)8(5)13-2;1-5-3-2-4-6-7(5)10-8(9)11-6/h3-7,20H,1-2H3,(H,18,19,21);3-4H,1-2H3,(H,11,12);2-4H,1H3,(H2,9,10). The first-order valence-electron chi connectivity index (χ1n) is 13.6. The van der Waals surface area contributed by atoms with Crippen LogP contribution in [-0.4, -0.2) is 39.2 Å². The molecule has 0 aliphatic rings. The Morgan fingerprint density at radius 1 is 0.804 bits per heavy atom. The van der Waals surface area contributed by atoms with Crippen LogP contribution in [0.5, 0.6) is 11.5 Å². The number of aromatic carboxylic acids is 1. The number of rotatable bonds is 4. The number of methoxy groups -OCH3 is 1. The number of aromatic hydroxyl groups is 1. The molecule has 0 atom stereocenters. The zero-order valence-electron chi connectivity index (χ0n) is 25.4. The summed E-state index contributed by atoms with van der Waals surface area (Å²) in [5.74, 6) is -1.18. The number of nitrogen functional groups attached to an aromatic ring is 1. The molecule has 6 rings (SSSR count). The van der Waals surface area contributed by atoms with Crippen LogP contribution in [0.4, 0.5) is 10.3 Å². The summed E-state index contributed by atoms with van der Waals surface area (Å²) in [6.45, 7) is 7.46. The minimum Gasteiger partial charge on any atom is -0.507 e. The molecule has 0 aliphatic heterocycles. The number of hydrogen-bond donors (Lipinski definition) is 4. The molecular weight excluding hydrogens is 667 g/mol. The van der Waals surface area contributed by atoms with E-state index in [1.54, 1.807) is 26.0 Å². The minimum absolute atomic E-state index is 0.0702. The third-order valence-corrected chi connectivity index (χ3v) is 8.88. The Bertz CT molecular complexity index is 2080. The first-order chi connectivity index (χ1) is 21.8. The zero-order valence-corrected chi connectivity index (χ0v) is 28.6. The topological polar surface area (TPSA) is 148 Å². The molecule has 0 aliphatic carbocycles. The van der Waals surface area contributed by atoms with Gasteiger partial charge < -0.3 is 20.7 Å². The average molecular weight is 698 g/mol. The van der Waals surface area contributed by atoms with E-state index in [0.717, 1.165) is 21.3 Å². The lowest BCUT2D eigenvalue weighted by molar-refractivity contribution is 0.0693. The van der Waals surface area contributed by atoms with Crippen molar-refractivity contribution in [3.8, 4) is 11.5 Å².